The molecule has 2 N–H and O–H groups in total. The van der Waals surface area contributed by atoms with Crippen LogP contribution in [0.5, 0.6) is 0 Å². The Labute approximate surface area is 87.8 Å². The van der Waals surface area contributed by atoms with Crippen molar-refractivity contribution in [1.29, 1.82) is 0 Å². The van der Waals surface area contributed by atoms with Crippen molar-refractivity contribution in [3.05, 3.63) is 0 Å². The van der Waals surface area contributed by atoms with Gasteiger partial charge in [-0.1, -0.05) is 6.92 Å². The van der Waals surface area contributed by atoms with Crippen LogP contribution in [0.2, 0.25) is 0 Å². The van der Waals surface area contributed by atoms with E-state index in [0.29, 0.717) is 6.61 Å². The van der Waals surface area contributed by atoms with Crippen LogP contribution in [0, 0.1) is 0 Å². The van der Waals surface area contributed by atoms with Crippen molar-refractivity contribution in [2.75, 3.05) is 19.7 Å². The summed E-state index contributed by atoms with van der Waals surface area (Å²) in [6.07, 6.45) is 2.05. The summed E-state index contributed by atoms with van der Waals surface area (Å²) in [5.74, 6) is 0. The van der Waals surface area contributed by atoms with E-state index in [1.165, 1.54) is 0 Å². The third-order valence-electron chi connectivity index (χ3n) is 1.99. The molecule has 0 spiro atoms. The van der Waals surface area contributed by atoms with E-state index in [1.807, 2.05) is 20.8 Å². The highest BCUT2D eigenvalue weighted by atomic mass is 16.5. The lowest BCUT2D eigenvalue weighted by Gasteiger charge is -2.24. The van der Waals surface area contributed by atoms with Crippen LogP contribution in [0.3, 0.4) is 0 Å². The summed E-state index contributed by atoms with van der Waals surface area (Å²) < 4.78 is 5.39. The fourth-order valence-electron chi connectivity index (χ4n) is 1.08. The zero-order valence-corrected chi connectivity index (χ0v) is 9.97. The minimum absolute atomic E-state index is 0.185. The number of rotatable bonds is 8. The van der Waals surface area contributed by atoms with E-state index in [1.54, 1.807) is 0 Å². The molecule has 0 aliphatic carbocycles. The molecular weight excluding hydrogens is 178 g/mol. The normalized spacial score (nSPS) is 15.9. The smallest absolute Gasteiger partial charge is 0.0864 e. The molecule has 0 aromatic heterocycles. The quantitative estimate of drug-likeness (QED) is 0.588. The molecule has 0 aliphatic heterocycles. The fourth-order valence-corrected chi connectivity index (χ4v) is 1.08. The SMILES string of the molecule is CCCNCCC(C)(O)COC(C)C. The standard InChI is InChI=1S/C11H25NO2/c1-5-7-12-8-6-11(4,13)9-14-10(2)3/h10,12-13H,5-9H2,1-4H3. The summed E-state index contributed by atoms with van der Waals surface area (Å²) >= 11 is 0. The van der Waals surface area contributed by atoms with Gasteiger partial charge in [0.1, 0.15) is 0 Å². The maximum Gasteiger partial charge on any atom is 0.0864 e. The highest BCUT2D eigenvalue weighted by Gasteiger charge is 2.20. The van der Waals surface area contributed by atoms with E-state index in [-0.39, 0.29) is 6.10 Å². The number of hydrogen-bond acceptors (Lipinski definition) is 3. The monoisotopic (exact) mass is 203 g/mol. The average molecular weight is 203 g/mol. The van der Waals surface area contributed by atoms with Crippen LogP contribution in [0.25, 0.3) is 0 Å². The Morgan fingerprint density at radius 3 is 2.50 bits per heavy atom. The van der Waals surface area contributed by atoms with Gasteiger partial charge >= 0.3 is 0 Å². The van der Waals surface area contributed by atoms with Crippen molar-refractivity contribution in [3.63, 3.8) is 0 Å². The molecule has 0 rings (SSSR count). The van der Waals surface area contributed by atoms with Gasteiger partial charge in [-0.05, 0) is 46.7 Å². The van der Waals surface area contributed by atoms with Crippen molar-refractivity contribution in [3.8, 4) is 0 Å². The van der Waals surface area contributed by atoms with Crippen molar-refractivity contribution in [2.45, 2.75) is 52.2 Å². The van der Waals surface area contributed by atoms with Crippen molar-refractivity contribution < 1.29 is 9.84 Å². The number of hydrogen-bond donors (Lipinski definition) is 2. The Kier molecular flexibility index (Phi) is 7.15. The largest absolute Gasteiger partial charge is 0.388 e. The minimum Gasteiger partial charge on any atom is -0.388 e. The highest BCUT2D eigenvalue weighted by Crippen LogP contribution is 2.09. The highest BCUT2D eigenvalue weighted by molar-refractivity contribution is 4.73. The fraction of sp³-hybridized carbons (Fsp3) is 1.00. The zero-order valence-electron chi connectivity index (χ0n) is 9.97. The first-order valence-electron chi connectivity index (χ1n) is 5.52. The molecule has 0 heterocycles. The molecule has 0 aliphatic rings. The van der Waals surface area contributed by atoms with Crippen LogP contribution < -0.4 is 5.32 Å². The van der Waals surface area contributed by atoms with Crippen LogP contribution >= 0.6 is 0 Å². The van der Waals surface area contributed by atoms with Gasteiger partial charge in [0.2, 0.25) is 0 Å². The molecule has 3 nitrogen and oxygen atoms in total. The topological polar surface area (TPSA) is 41.5 Å². The molecule has 86 valence electrons. The molecule has 14 heavy (non-hydrogen) atoms. The Morgan fingerprint density at radius 1 is 1.36 bits per heavy atom. The molecule has 0 aromatic carbocycles. The van der Waals surface area contributed by atoms with Gasteiger partial charge in [0, 0.05) is 0 Å². The van der Waals surface area contributed by atoms with Crippen LogP contribution in [-0.2, 0) is 4.74 Å². The van der Waals surface area contributed by atoms with Gasteiger partial charge < -0.3 is 15.2 Å². The first-order valence-corrected chi connectivity index (χ1v) is 5.52. The molecule has 0 radical (unpaired) electrons. The van der Waals surface area contributed by atoms with E-state index in [9.17, 15) is 5.11 Å². The summed E-state index contributed by atoms with van der Waals surface area (Å²) in [5, 5.41) is 13.2. The van der Waals surface area contributed by atoms with Crippen molar-refractivity contribution in [2.24, 2.45) is 0 Å². The summed E-state index contributed by atoms with van der Waals surface area (Å²) in [7, 11) is 0. The molecule has 3 heteroatoms. The number of nitrogens with one attached hydrogen (secondary N) is 1. The molecular formula is C11H25NO2. The van der Waals surface area contributed by atoms with Gasteiger partial charge in [-0.25, -0.2) is 0 Å². The molecule has 0 bridgehead atoms. The molecule has 0 fully saturated rings. The molecule has 0 saturated heterocycles. The second kappa shape index (κ2) is 7.21. The number of ether oxygens (including phenoxy) is 1. The summed E-state index contributed by atoms with van der Waals surface area (Å²) in [4.78, 5) is 0. The third-order valence-corrected chi connectivity index (χ3v) is 1.99. The Morgan fingerprint density at radius 2 is 2.00 bits per heavy atom. The molecule has 0 amide bonds. The first-order chi connectivity index (χ1) is 6.48. The van der Waals surface area contributed by atoms with Crippen LogP contribution in [-0.4, -0.2) is 36.5 Å². The van der Waals surface area contributed by atoms with Crippen LogP contribution in [0.4, 0.5) is 0 Å². The predicted molar refractivity (Wildman–Crippen MR) is 59.5 cm³/mol. The van der Waals surface area contributed by atoms with Gasteiger partial charge in [-0.3, -0.25) is 0 Å². The minimum atomic E-state index is -0.703. The van der Waals surface area contributed by atoms with Crippen LogP contribution in [0.15, 0.2) is 0 Å². The summed E-state index contributed by atoms with van der Waals surface area (Å²) in [5.41, 5.74) is -0.703. The molecule has 1 atom stereocenters. The first kappa shape index (κ1) is 13.9. The Hall–Kier alpha value is -0.120. The lowest BCUT2D eigenvalue weighted by molar-refractivity contribution is -0.0573. The molecule has 1 unspecified atom stereocenters. The second-order valence-electron chi connectivity index (χ2n) is 4.36. The van der Waals surface area contributed by atoms with Crippen molar-refractivity contribution >= 4 is 0 Å². The lowest BCUT2D eigenvalue weighted by atomic mass is 10.0. The lowest BCUT2D eigenvalue weighted by Crippen LogP contribution is -2.35. The third kappa shape index (κ3) is 8.48. The van der Waals surface area contributed by atoms with E-state index in [0.717, 1.165) is 25.9 Å². The molecule has 0 aromatic rings. The van der Waals surface area contributed by atoms with E-state index >= 15 is 0 Å². The van der Waals surface area contributed by atoms with Gasteiger partial charge in [0.25, 0.3) is 0 Å². The van der Waals surface area contributed by atoms with Gasteiger partial charge in [0.15, 0.2) is 0 Å². The Balaban J connectivity index is 3.50. The number of aliphatic hydroxyl groups is 1. The maximum atomic E-state index is 9.90. The summed E-state index contributed by atoms with van der Waals surface area (Å²) in [6.45, 7) is 10.2. The predicted octanol–water partition coefficient (Wildman–Crippen LogP) is 1.55. The van der Waals surface area contributed by atoms with Crippen molar-refractivity contribution in [1.82, 2.24) is 5.32 Å². The Bertz CT molecular complexity index is 135. The van der Waals surface area contributed by atoms with Gasteiger partial charge in [0.05, 0.1) is 18.3 Å². The average Bonchev–Trinajstić information content (AvgIpc) is 2.10. The van der Waals surface area contributed by atoms with E-state index < -0.39 is 5.60 Å². The molecule has 0 saturated carbocycles. The van der Waals surface area contributed by atoms with E-state index in [4.69, 9.17) is 4.74 Å². The maximum absolute atomic E-state index is 9.90. The summed E-state index contributed by atoms with van der Waals surface area (Å²) in [6, 6.07) is 0. The van der Waals surface area contributed by atoms with E-state index in [2.05, 4.69) is 12.2 Å². The zero-order chi connectivity index (χ0) is 11.0. The second-order valence-corrected chi connectivity index (χ2v) is 4.36. The van der Waals surface area contributed by atoms with Gasteiger partial charge in [-0.2, -0.15) is 0 Å². The van der Waals surface area contributed by atoms with Gasteiger partial charge in [-0.15, -0.1) is 0 Å². The van der Waals surface area contributed by atoms with Crippen LogP contribution in [0.1, 0.15) is 40.5 Å².